The monoisotopic (exact) mass is 240 g/mol. The topological polar surface area (TPSA) is 49.5 Å². The highest BCUT2D eigenvalue weighted by atomic mass is 19.1. The average molecular weight is 240 g/mol. The van der Waals surface area contributed by atoms with Crippen LogP contribution in [0.2, 0.25) is 0 Å². The van der Waals surface area contributed by atoms with Crippen molar-refractivity contribution in [2.24, 2.45) is 5.73 Å². The van der Waals surface area contributed by atoms with Gasteiger partial charge in [0.2, 0.25) is 0 Å². The molecule has 0 heterocycles. The fourth-order valence-electron chi connectivity index (χ4n) is 1.99. The lowest BCUT2D eigenvalue weighted by atomic mass is 10.0. The summed E-state index contributed by atoms with van der Waals surface area (Å²) in [5, 5.41) is 9.08. The van der Waals surface area contributed by atoms with Crippen LogP contribution in [0.15, 0.2) is 18.2 Å². The molecule has 1 unspecified atom stereocenters. The number of aliphatic hydroxyl groups is 1. The van der Waals surface area contributed by atoms with Crippen molar-refractivity contribution in [1.82, 2.24) is 0 Å². The van der Waals surface area contributed by atoms with Crippen molar-refractivity contribution in [2.75, 3.05) is 18.1 Å². The zero-order chi connectivity index (χ0) is 13.0. The van der Waals surface area contributed by atoms with Crippen LogP contribution in [0.25, 0.3) is 0 Å². The molecular weight excluding hydrogens is 219 g/mol. The van der Waals surface area contributed by atoms with Crippen molar-refractivity contribution in [3.8, 4) is 0 Å². The number of hydrogen-bond donors (Lipinski definition) is 2. The molecule has 0 aromatic heterocycles. The first-order valence-corrected chi connectivity index (χ1v) is 5.90. The number of halogens is 1. The van der Waals surface area contributed by atoms with Crippen molar-refractivity contribution >= 4 is 5.69 Å². The predicted molar refractivity (Wildman–Crippen MR) is 68.6 cm³/mol. The molecule has 0 aliphatic heterocycles. The number of anilines is 1. The third-order valence-corrected chi connectivity index (χ3v) is 2.76. The molecule has 96 valence electrons. The maximum atomic E-state index is 13.8. The second-order valence-electron chi connectivity index (χ2n) is 4.47. The van der Waals surface area contributed by atoms with Gasteiger partial charge in [-0.25, -0.2) is 4.39 Å². The maximum Gasteiger partial charge on any atom is 0.130 e. The molecule has 0 bridgehead atoms. The van der Waals surface area contributed by atoms with Crippen LogP contribution in [0, 0.1) is 5.82 Å². The number of nitrogens with two attached hydrogens (primary N) is 1. The van der Waals surface area contributed by atoms with Crippen molar-refractivity contribution in [3.05, 3.63) is 29.6 Å². The number of nitrogens with zero attached hydrogens (tertiary/aromatic N) is 1. The van der Waals surface area contributed by atoms with E-state index >= 15 is 0 Å². The highest BCUT2D eigenvalue weighted by molar-refractivity contribution is 5.56. The fraction of sp³-hybridized carbons (Fsp3) is 0.538. The zero-order valence-electron chi connectivity index (χ0n) is 10.7. The molecule has 4 heteroatoms. The molecule has 0 fully saturated rings. The normalized spacial score (nSPS) is 12.9. The highest BCUT2D eigenvalue weighted by Gasteiger charge is 2.18. The van der Waals surface area contributed by atoms with E-state index in [2.05, 4.69) is 0 Å². The molecule has 1 rings (SSSR count). The van der Waals surface area contributed by atoms with Gasteiger partial charge in [-0.3, -0.25) is 0 Å². The van der Waals surface area contributed by atoms with Gasteiger partial charge in [0.05, 0.1) is 6.61 Å². The van der Waals surface area contributed by atoms with Crippen molar-refractivity contribution < 1.29 is 9.50 Å². The molecule has 0 radical (unpaired) electrons. The first-order valence-electron chi connectivity index (χ1n) is 5.90. The van der Waals surface area contributed by atoms with E-state index < -0.39 is 0 Å². The van der Waals surface area contributed by atoms with Gasteiger partial charge >= 0.3 is 0 Å². The average Bonchev–Trinajstić information content (AvgIpc) is 2.24. The van der Waals surface area contributed by atoms with Crippen molar-refractivity contribution in [1.29, 1.82) is 0 Å². The summed E-state index contributed by atoms with van der Waals surface area (Å²) in [6.45, 7) is 6.28. The minimum Gasteiger partial charge on any atom is -0.395 e. The lowest BCUT2D eigenvalue weighted by Gasteiger charge is -2.31. The van der Waals surface area contributed by atoms with Gasteiger partial charge in [-0.15, -0.1) is 0 Å². The smallest absolute Gasteiger partial charge is 0.130 e. The Kier molecular flexibility index (Phi) is 4.90. The Morgan fingerprint density at radius 1 is 1.35 bits per heavy atom. The van der Waals surface area contributed by atoms with Crippen molar-refractivity contribution in [2.45, 2.75) is 32.9 Å². The molecule has 1 aromatic carbocycles. The summed E-state index contributed by atoms with van der Waals surface area (Å²) < 4.78 is 13.8. The Hall–Kier alpha value is -1.13. The quantitative estimate of drug-likeness (QED) is 0.828. The van der Waals surface area contributed by atoms with Crippen LogP contribution in [0.4, 0.5) is 10.1 Å². The standard InChI is InChI=1S/C13H21FN2O/c1-9(2)16(7-8-17)12-6-4-5-11(14)13(12)10(3)15/h4-6,9-10,17H,7-8,15H2,1-3H3. The largest absolute Gasteiger partial charge is 0.395 e. The highest BCUT2D eigenvalue weighted by Crippen LogP contribution is 2.28. The predicted octanol–water partition coefficient (Wildman–Crippen LogP) is 2.05. The number of rotatable bonds is 5. The van der Waals surface area contributed by atoms with Crippen LogP contribution in [0.1, 0.15) is 32.4 Å². The van der Waals surface area contributed by atoms with Crippen LogP contribution in [0.5, 0.6) is 0 Å². The Labute approximate surface area is 102 Å². The first kappa shape index (κ1) is 13.9. The zero-order valence-corrected chi connectivity index (χ0v) is 10.7. The summed E-state index contributed by atoms with van der Waals surface area (Å²) in [4.78, 5) is 1.96. The van der Waals surface area contributed by atoms with Gasteiger partial charge in [-0.1, -0.05) is 6.07 Å². The summed E-state index contributed by atoms with van der Waals surface area (Å²) in [7, 11) is 0. The van der Waals surface area contributed by atoms with E-state index in [0.717, 1.165) is 5.69 Å². The Bertz CT molecular complexity index is 366. The van der Waals surface area contributed by atoms with Gasteiger partial charge in [0.25, 0.3) is 0 Å². The molecule has 0 saturated heterocycles. The summed E-state index contributed by atoms with van der Waals surface area (Å²) in [5.41, 5.74) is 7.10. The van der Waals surface area contributed by atoms with Gasteiger partial charge < -0.3 is 15.7 Å². The van der Waals surface area contributed by atoms with Gasteiger partial charge in [-0.05, 0) is 32.9 Å². The van der Waals surface area contributed by atoms with Crippen LogP contribution < -0.4 is 10.6 Å². The van der Waals surface area contributed by atoms with Crippen LogP contribution in [-0.4, -0.2) is 24.3 Å². The molecule has 0 spiro atoms. The molecule has 3 N–H and O–H groups in total. The third-order valence-electron chi connectivity index (χ3n) is 2.76. The van der Waals surface area contributed by atoms with Gasteiger partial charge in [0, 0.05) is 29.9 Å². The van der Waals surface area contributed by atoms with Crippen molar-refractivity contribution in [3.63, 3.8) is 0 Å². The number of hydrogen-bond acceptors (Lipinski definition) is 3. The summed E-state index contributed by atoms with van der Waals surface area (Å²) in [6.07, 6.45) is 0. The Morgan fingerprint density at radius 2 is 2.00 bits per heavy atom. The summed E-state index contributed by atoms with van der Waals surface area (Å²) >= 11 is 0. The van der Waals surface area contributed by atoms with E-state index in [1.807, 2.05) is 24.8 Å². The third kappa shape index (κ3) is 3.17. The van der Waals surface area contributed by atoms with E-state index in [-0.39, 0.29) is 24.5 Å². The molecule has 0 amide bonds. The van der Waals surface area contributed by atoms with E-state index in [1.165, 1.54) is 6.07 Å². The minimum atomic E-state index is -0.369. The molecule has 0 aliphatic carbocycles. The van der Waals surface area contributed by atoms with Gasteiger partial charge in [-0.2, -0.15) is 0 Å². The minimum absolute atomic E-state index is 0.0348. The Morgan fingerprint density at radius 3 is 2.47 bits per heavy atom. The van der Waals surface area contributed by atoms with Gasteiger partial charge in [0.15, 0.2) is 0 Å². The summed E-state index contributed by atoms with van der Waals surface area (Å²) in [5.74, 6) is -0.291. The molecule has 0 saturated carbocycles. The molecule has 1 atom stereocenters. The van der Waals surface area contributed by atoms with Crippen LogP contribution in [0.3, 0.4) is 0 Å². The van der Waals surface area contributed by atoms with E-state index in [0.29, 0.717) is 12.1 Å². The van der Waals surface area contributed by atoms with Crippen LogP contribution in [-0.2, 0) is 0 Å². The van der Waals surface area contributed by atoms with E-state index in [9.17, 15) is 4.39 Å². The molecule has 1 aromatic rings. The van der Waals surface area contributed by atoms with Crippen LogP contribution >= 0.6 is 0 Å². The Balaban J connectivity index is 3.22. The second kappa shape index (κ2) is 5.98. The number of benzene rings is 1. The molecule has 0 aliphatic rings. The molecular formula is C13H21FN2O. The van der Waals surface area contributed by atoms with E-state index in [1.54, 1.807) is 13.0 Å². The molecule has 3 nitrogen and oxygen atoms in total. The SMILES string of the molecule is CC(N)c1c(F)cccc1N(CCO)C(C)C. The first-order chi connectivity index (χ1) is 7.99. The van der Waals surface area contributed by atoms with E-state index in [4.69, 9.17) is 10.8 Å². The summed E-state index contributed by atoms with van der Waals surface area (Å²) in [6, 6.07) is 4.74. The van der Waals surface area contributed by atoms with Gasteiger partial charge in [0.1, 0.15) is 5.82 Å². The lowest BCUT2D eigenvalue weighted by molar-refractivity contribution is 0.299. The number of aliphatic hydroxyl groups excluding tert-OH is 1. The maximum absolute atomic E-state index is 13.8. The fourth-order valence-corrected chi connectivity index (χ4v) is 1.99. The lowest BCUT2D eigenvalue weighted by Crippen LogP contribution is -2.35. The second-order valence-corrected chi connectivity index (χ2v) is 4.47. The molecule has 17 heavy (non-hydrogen) atoms.